The smallest absolute Gasteiger partial charge is 0.295 e. The predicted molar refractivity (Wildman–Crippen MR) is 131 cm³/mol. The first-order chi connectivity index (χ1) is 16.9. The monoisotopic (exact) mass is 480 g/mol. The quantitative estimate of drug-likeness (QED) is 0.353. The first-order valence-corrected chi connectivity index (χ1v) is 11.9. The number of likely N-dealkylation sites (tertiary alicyclic amines) is 1. The van der Waals surface area contributed by atoms with Gasteiger partial charge >= 0.3 is 0 Å². The molecule has 2 aromatic carbocycles. The van der Waals surface area contributed by atoms with Crippen LogP contribution in [0.5, 0.6) is 11.5 Å². The Hall–Kier alpha value is -3.36. The van der Waals surface area contributed by atoms with Crippen LogP contribution in [0.3, 0.4) is 0 Å². The van der Waals surface area contributed by atoms with Crippen molar-refractivity contribution in [2.75, 3.05) is 46.5 Å². The van der Waals surface area contributed by atoms with Crippen LogP contribution < -0.4 is 9.47 Å². The van der Waals surface area contributed by atoms with Crippen LogP contribution in [0.2, 0.25) is 0 Å². The number of aliphatic hydroxyl groups is 1. The van der Waals surface area contributed by atoms with Crippen molar-refractivity contribution in [2.45, 2.75) is 26.0 Å². The average Bonchev–Trinajstić information content (AvgIpc) is 3.12. The molecule has 0 spiro atoms. The third-order valence-electron chi connectivity index (χ3n) is 6.21. The van der Waals surface area contributed by atoms with Crippen LogP contribution >= 0.6 is 0 Å². The minimum atomic E-state index is -0.724. The van der Waals surface area contributed by atoms with Crippen LogP contribution in [0.15, 0.2) is 54.1 Å². The Balaban J connectivity index is 1.71. The van der Waals surface area contributed by atoms with E-state index in [2.05, 4.69) is 4.90 Å². The summed E-state index contributed by atoms with van der Waals surface area (Å²) in [6, 6.07) is 13.4. The summed E-state index contributed by atoms with van der Waals surface area (Å²) in [7, 11) is 1.56. The van der Waals surface area contributed by atoms with Crippen molar-refractivity contribution >= 4 is 17.4 Å². The lowest BCUT2D eigenvalue weighted by atomic mass is 9.95. The summed E-state index contributed by atoms with van der Waals surface area (Å²) in [5.74, 6) is -0.253. The van der Waals surface area contributed by atoms with Gasteiger partial charge in [-0.3, -0.25) is 14.5 Å². The number of amides is 1. The number of benzene rings is 2. The molecule has 0 unspecified atom stereocenters. The Morgan fingerprint density at radius 3 is 2.43 bits per heavy atom. The molecular weight excluding hydrogens is 448 g/mol. The Kier molecular flexibility index (Phi) is 7.73. The zero-order valence-corrected chi connectivity index (χ0v) is 20.4. The van der Waals surface area contributed by atoms with E-state index in [4.69, 9.17) is 14.2 Å². The molecule has 1 atom stereocenters. The van der Waals surface area contributed by atoms with Crippen molar-refractivity contribution in [2.24, 2.45) is 0 Å². The van der Waals surface area contributed by atoms with Gasteiger partial charge < -0.3 is 24.2 Å². The van der Waals surface area contributed by atoms with Crippen LogP contribution in [-0.4, -0.2) is 79.2 Å². The Bertz CT molecular complexity index is 1090. The van der Waals surface area contributed by atoms with Crippen LogP contribution in [-0.2, 0) is 14.3 Å². The van der Waals surface area contributed by atoms with E-state index in [-0.39, 0.29) is 17.4 Å². The average molecular weight is 481 g/mol. The zero-order valence-electron chi connectivity index (χ0n) is 20.4. The number of morpholine rings is 1. The largest absolute Gasteiger partial charge is 0.507 e. The summed E-state index contributed by atoms with van der Waals surface area (Å²) in [4.78, 5) is 30.2. The Labute approximate surface area is 205 Å². The van der Waals surface area contributed by atoms with Crippen LogP contribution in [0.1, 0.15) is 31.0 Å². The van der Waals surface area contributed by atoms with Gasteiger partial charge in [0.25, 0.3) is 11.7 Å². The molecule has 2 aliphatic rings. The highest BCUT2D eigenvalue weighted by Gasteiger charge is 2.46. The number of ether oxygens (including phenoxy) is 3. The molecule has 2 aromatic rings. The standard InChI is InChI=1S/C27H32N2O6/c1-18(2)35-21-9-7-19(8-10-21)25(30)23-24(20-5-4-6-22(17-20)33-3)29(27(32)26(23)31)12-11-28-13-15-34-16-14-28/h4-10,17-18,24,30H,11-16H2,1-3H3/b25-23+/t24-/m1/s1. The number of aliphatic hydroxyl groups excluding tert-OH is 1. The van der Waals surface area contributed by atoms with Gasteiger partial charge in [-0.15, -0.1) is 0 Å². The lowest BCUT2D eigenvalue weighted by molar-refractivity contribution is -0.140. The molecule has 186 valence electrons. The number of carbonyl (C=O) groups excluding carboxylic acids is 2. The fourth-order valence-corrected chi connectivity index (χ4v) is 4.46. The first kappa shape index (κ1) is 24.8. The van der Waals surface area contributed by atoms with E-state index in [0.717, 1.165) is 13.1 Å². The third-order valence-corrected chi connectivity index (χ3v) is 6.21. The molecule has 2 heterocycles. The minimum Gasteiger partial charge on any atom is -0.507 e. The fraction of sp³-hybridized carbons (Fsp3) is 0.407. The number of methoxy groups -OCH3 is 1. The van der Waals surface area contributed by atoms with E-state index in [9.17, 15) is 14.7 Å². The molecule has 8 heteroatoms. The van der Waals surface area contributed by atoms with E-state index in [0.29, 0.717) is 48.9 Å². The van der Waals surface area contributed by atoms with Crippen molar-refractivity contribution in [3.63, 3.8) is 0 Å². The van der Waals surface area contributed by atoms with E-state index in [1.54, 1.807) is 48.4 Å². The molecule has 0 radical (unpaired) electrons. The van der Waals surface area contributed by atoms with Gasteiger partial charge in [-0.2, -0.15) is 0 Å². The van der Waals surface area contributed by atoms with Gasteiger partial charge in [0.05, 0.1) is 38.0 Å². The van der Waals surface area contributed by atoms with E-state index >= 15 is 0 Å². The van der Waals surface area contributed by atoms with Crippen molar-refractivity contribution in [3.05, 3.63) is 65.2 Å². The molecule has 2 saturated heterocycles. The lowest BCUT2D eigenvalue weighted by Crippen LogP contribution is -2.42. The van der Waals surface area contributed by atoms with Gasteiger partial charge in [-0.05, 0) is 55.8 Å². The fourth-order valence-electron chi connectivity index (χ4n) is 4.46. The Morgan fingerprint density at radius 2 is 1.77 bits per heavy atom. The number of nitrogens with zero attached hydrogens (tertiary/aromatic N) is 2. The molecule has 2 fully saturated rings. The number of carbonyl (C=O) groups is 2. The second-order valence-electron chi connectivity index (χ2n) is 8.91. The van der Waals surface area contributed by atoms with Crippen molar-refractivity contribution in [3.8, 4) is 11.5 Å². The molecule has 8 nitrogen and oxygen atoms in total. The van der Waals surface area contributed by atoms with E-state index in [1.807, 2.05) is 26.0 Å². The topological polar surface area (TPSA) is 88.5 Å². The van der Waals surface area contributed by atoms with Gasteiger partial charge in [-0.25, -0.2) is 0 Å². The summed E-state index contributed by atoms with van der Waals surface area (Å²) in [6.45, 7) is 7.67. The lowest BCUT2D eigenvalue weighted by Gasteiger charge is -2.31. The highest BCUT2D eigenvalue weighted by Crippen LogP contribution is 2.40. The molecule has 1 N–H and O–H groups in total. The van der Waals surface area contributed by atoms with Gasteiger partial charge in [0.2, 0.25) is 0 Å². The first-order valence-electron chi connectivity index (χ1n) is 11.9. The molecule has 0 aliphatic carbocycles. The van der Waals surface area contributed by atoms with Crippen LogP contribution in [0.25, 0.3) is 5.76 Å². The van der Waals surface area contributed by atoms with Crippen molar-refractivity contribution in [1.29, 1.82) is 0 Å². The van der Waals surface area contributed by atoms with E-state index < -0.39 is 17.7 Å². The summed E-state index contributed by atoms with van der Waals surface area (Å²) >= 11 is 0. The molecule has 4 rings (SSSR count). The number of hydrogen-bond acceptors (Lipinski definition) is 7. The number of hydrogen-bond donors (Lipinski definition) is 1. The minimum absolute atomic E-state index is 0.0132. The third kappa shape index (κ3) is 5.49. The molecule has 1 amide bonds. The number of ketones is 1. The molecule has 2 aliphatic heterocycles. The number of rotatable bonds is 8. The van der Waals surface area contributed by atoms with Gasteiger partial charge in [0, 0.05) is 31.7 Å². The van der Waals surface area contributed by atoms with Gasteiger partial charge in [0.1, 0.15) is 17.3 Å². The maximum atomic E-state index is 13.2. The molecule has 35 heavy (non-hydrogen) atoms. The van der Waals surface area contributed by atoms with Crippen molar-refractivity contribution < 1.29 is 28.9 Å². The second-order valence-corrected chi connectivity index (χ2v) is 8.91. The highest BCUT2D eigenvalue weighted by molar-refractivity contribution is 6.46. The van der Waals surface area contributed by atoms with Crippen LogP contribution in [0, 0.1) is 0 Å². The SMILES string of the molecule is COc1cccc([C@@H]2/C(=C(\O)c3ccc(OC(C)C)cc3)C(=O)C(=O)N2CCN2CCOCC2)c1. The summed E-state index contributed by atoms with van der Waals surface area (Å²) in [6.07, 6.45) is 0.0132. The summed E-state index contributed by atoms with van der Waals surface area (Å²) in [5.41, 5.74) is 1.22. The second kappa shape index (κ2) is 10.9. The molecule has 0 aromatic heterocycles. The summed E-state index contributed by atoms with van der Waals surface area (Å²) in [5, 5.41) is 11.3. The molecular formula is C27H32N2O6. The van der Waals surface area contributed by atoms with Gasteiger partial charge in [-0.1, -0.05) is 12.1 Å². The summed E-state index contributed by atoms with van der Waals surface area (Å²) < 4.78 is 16.5. The predicted octanol–water partition coefficient (Wildman–Crippen LogP) is 3.24. The zero-order chi connectivity index (χ0) is 24.9. The maximum Gasteiger partial charge on any atom is 0.295 e. The van der Waals surface area contributed by atoms with Crippen LogP contribution in [0.4, 0.5) is 0 Å². The van der Waals surface area contributed by atoms with E-state index in [1.165, 1.54) is 0 Å². The molecule has 0 saturated carbocycles. The normalized spacial score (nSPS) is 20.5. The maximum absolute atomic E-state index is 13.2. The highest BCUT2D eigenvalue weighted by atomic mass is 16.5. The Morgan fingerprint density at radius 1 is 1.06 bits per heavy atom. The number of Topliss-reactive ketones (excluding diaryl/α,β-unsaturated/α-hetero) is 1. The molecule has 0 bridgehead atoms. The van der Waals surface area contributed by atoms with Gasteiger partial charge in [0.15, 0.2) is 0 Å². The van der Waals surface area contributed by atoms with Crippen molar-refractivity contribution in [1.82, 2.24) is 9.80 Å².